The van der Waals surface area contributed by atoms with Crippen molar-refractivity contribution in [1.82, 2.24) is 9.88 Å². The summed E-state index contributed by atoms with van der Waals surface area (Å²) < 4.78 is 12.6. The van der Waals surface area contributed by atoms with Gasteiger partial charge in [-0.15, -0.1) is 11.3 Å². The number of amides is 1. The molecule has 1 amide bonds. The number of rotatable bonds is 6. The summed E-state index contributed by atoms with van der Waals surface area (Å²) in [5.74, 6) is 0.356. The van der Waals surface area contributed by atoms with Crippen LogP contribution >= 0.6 is 23.6 Å². The Morgan fingerprint density at radius 2 is 2.22 bits per heavy atom. The maximum Gasteiger partial charge on any atom is 0.410 e. The Hall–Kier alpha value is -0.963. The van der Waals surface area contributed by atoms with Gasteiger partial charge in [0.1, 0.15) is 6.61 Å². The van der Waals surface area contributed by atoms with Crippen LogP contribution in [0.4, 0.5) is 4.79 Å². The zero-order valence-corrected chi connectivity index (χ0v) is 19.7. The van der Waals surface area contributed by atoms with Crippen LogP contribution in [0.15, 0.2) is 18.0 Å². The second kappa shape index (κ2) is 9.02. The topological polar surface area (TPSA) is 54.6 Å². The van der Waals surface area contributed by atoms with Crippen LogP contribution in [-0.4, -0.2) is 50.1 Å². The minimum absolute atomic E-state index is 0.00272. The molecule has 1 aliphatic rings. The highest BCUT2D eigenvalue weighted by Gasteiger charge is 2.40. The largest absolute Gasteiger partial charge is 0.445 e. The molecule has 1 saturated heterocycles. The van der Waals surface area contributed by atoms with Crippen LogP contribution in [0.2, 0.25) is 18.1 Å². The van der Waals surface area contributed by atoms with Crippen molar-refractivity contribution in [3.8, 4) is 0 Å². The lowest BCUT2D eigenvalue weighted by molar-refractivity contribution is 0.0563. The van der Waals surface area contributed by atoms with Gasteiger partial charge in [-0.3, -0.25) is 0 Å². The van der Waals surface area contributed by atoms with E-state index < -0.39 is 8.32 Å². The zero-order valence-electron chi connectivity index (χ0n) is 17.0. The number of piperidine rings is 1. The number of H-pyrrole nitrogens is 1. The number of carbonyl (C=O) groups is 1. The van der Waals surface area contributed by atoms with Crippen molar-refractivity contribution in [2.24, 2.45) is 0 Å². The lowest BCUT2D eigenvalue weighted by Gasteiger charge is -2.42. The van der Waals surface area contributed by atoms with Gasteiger partial charge in [-0.2, -0.15) is 0 Å². The molecule has 0 spiro atoms. The first-order valence-electron chi connectivity index (χ1n) is 9.41. The third-order valence-electron chi connectivity index (χ3n) is 5.70. The van der Waals surface area contributed by atoms with Crippen LogP contribution in [0.5, 0.6) is 0 Å². The fourth-order valence-corrected chi connectivity index (χ4v) is 4.92. The summed E-state index contributed by atoms with van der Waals surface area (Å²) in [6, 6.07) is -0.00272. The Bertz CT molecular complexity index is 708. The van der Waals surface area contributed by atoms with Gasteiger partial charge >= 0.3 is 6.09 Å². The molecule has 1 aromatic heterocycles. The summed E-state index contributed by atoms with van der Waals surface area (Å²) in [5.41, 5.74) is 1.17. The van der Waals surface area contributed by atoms with E-state index in [4.69, 9.17) is 21.4 Å². The lowest BCUT2D eigenvalue weighted by atomic mass is 9.89. The molecule has 152 valence electrons. The SMILES string of the molecule is C=CCOC(=O)N1CCC(c2csc(=S)[nH]2)C[C@H]1CO[Si](C)(C)C(C)(C)C. The van der Waals surface area contributed by atoms with E-state index >= 15 is 0 Å². The van der Waals surface area contributed by atoms with Gasteiger partial charge in [0.2, 0.25) is 0 Å². The van der Waals surface area contributed by atoms with Gasteiger partial charge < -0.3 is 19.0 Å². The summed E-state index contributed by atoms with van der Waals surface area (Å²) in [5, 5.41) is 2.23. The van der Waals surface area contributed by atoms with Gasteiger partial charge in [0, 0.05) is 23.5 Å². The molecule has 0 aromatic carbocycles. The average molecular weight is 429 g/mol. The molecule has 8 heteroatoms. The number of carbonyl (C=O) groups excluding carboxylic acids is 1. The molecule has 1 fully saturated rings. The summed E-state index contributed by atoms with van der Waals surface area (Å²) in [7, 11) is -1.89. The normalized spacial score (nSPS) is 21.1. The Balaban J connectivity index is 2.13. The maximum atomic E-state index is 12.5. The molecule has 27 heavy (non-hydrogen) atoms. The second-order valence-electron chi connectivity index (χ2n) is 8.61. The Morgan fingerprint density at radius 3 is 2.78 bits per heavy atom. The van der Waals surface area contributed by atoms with Gasteiger partial charge in [0.25, 0.3) is 0 Å². The van der Waals surface area contributed by atoms with Crippen LogP contribution in [-0.2, 0) is 9.16 Å². The molecule has 2 heterocycles. The molecule has 0 saturated carbocycles. The Kier molecular flexibility index (Phi) is 7.46. The number of nitrogens with one attached hydrogen (secondary N) is 1. The molecule has 1 unspecified atom stereocenters. The molecule has 0 aliphatic carbocycles. The number of nitrogens with zero attached hydrogens (tertiary/aromatic N) is 1. The van der Waals surface area contributed by atoms with Crippen LogP contribution in [0.3, 0.4) is 0 Å². The van der Waals surface area contributed by atoms with Crippen molar-refractivity contribution < 1.29 is 14.0 Å². The smallest absolute Gasteiger partial charge is 0.410 e. The number of likely N-dealkylation sites (tertiary alicyclic amines) is 1. The van der Waals surface area contributed by atoms with Crippen molar-refractivity contribution in [3.63, 3.8) is 0 Å². The number of aromatic amines is 1. The lowest BCUT2D eigenvalue weighted by Crippen LogP contribution is -2.51. The second-order valence-corrected chi connectivity index (χ2v) is 15.0. The number of aromatic nitrogens is 1. The van der Waals surface area contributed by atoms with E-state index in [1.807, 2.05) is 4.90 Å². The molecule has 2 rings (SSSR count). The first-order chi connectivity index (χ1) is 12.5. The highest BCUT2D eigenvalue weighted by molar-refractivity contribution is 7.73. The van der Waals surface area contributed by atoms with Crippen LogP contribution < -0.4 is 0 Å². The molecule has 0 bridgehead atoms. The summed E-state index contributed by atoms with van der Waals surface area (Å²) >= 11 is 6.79. The van der Waals surface area contributed by atoms with Crippen molar-refractivity contribution in [2.75, 3.05) is 19.8 Å². The average Bonchev–Trinajstić information content (AvgIpc) is 3.03. The molecular weight excluding hydrogens is 396 g/mol. The highest BCUT2D eigenvalue weighted by Crippen LogP contribution is 2.38. The van der Waals surface area contributed by atoms with Gasteiger partial charge in [0.05, 0.1) is 12.6 Å². The number of ether oxygens (including phenoxy) is 1. The van der Waals surface area contributed by atoms with Crippen molar-refractivity contribution in [1.29, 1.82) is 0 Å². The molecule has 2 atom stereocenters. The summed E-state index contributed by atoms with van der Waals surface area (Å²) in [6.07, 6.45) is 3.05. The van der Waals surface area contributed by atoms with Gasteiger partial charge in [-0.1, -0.05) is 33.4 Å². The fourth-order valence-electron chi connectivity index (χ4n) is 2.96. The standard InChI is InChI=1S/C19H32N2O3S2Si/c1-7-10-23-18(22)21-9-8-14(16-13-26-17(25)20-16)11-15(21)12-24-27(5,6)19(2,3)4/h7,13-15H,1,8-12H2,2-6H3,(H,20,25)/t14?,15-/m0/s1. The van der Waals surface area contributed by atoms with Crippen LogP contribution in [0, 0.1) is 3.95 Å². The summed E-state index contributed by atoms with van der Waals surface area (Å²) in [6.45, 7) is 16.2. The van der Waals surface area contributed by atoms with E-state index in [0.717, 1.165) is 16.8 Å². The molecule has 5 nitrogen and oxygen atoms in total. The van der Waals surface area contributed by atoms with E-state index in [9.17, 15) is 4.79 Å². The number of hydrogen-bond donors (Lipinski definition) is 1. The monoisotopic (exact) mass is 428 g/mol. The number of thiazole rings is 1. The van der Waals surface area contributed by atoms with E-state index in [-0.39, 0.29) is 23.8 Å². The van der Waals surface area contributed by atoms with Crippen LogP contribution in [0.25, 0.3) is 0 Å². The van der Waals surface area contributed by atoms with Crippen LogP contribution in [0.1, 0.15) is 45.2 Å². The van der Waals surface area contributed by atoms with Crippen molar-refractivity contribution in [2.45, 2.75) is 63.7 Å². The summed E-state index contributed by atoms with van der Waals surface area (Å²) in [4.78, 5) is 17.6. The van der Waals surface area contributed by atoms with Gasteiger partial charge in [0.15, 0.2) is 12.3 Å². The maximum absolute atomic E-state index is 12.5. The minimum atomic E-state index is -1.89. The van der Waals surface area contributed by atoms with E-state index in [2.05, 4.69) is 50.8 Å². The predicted octanol–water partition coefficient (Wildman–Crippen LogP) is 5.70. The van der Waals surface area contributed by atoms with Crippen molar-refractivity contribution >= 4 is 38.0 Å². The molecule has 1 aliphatic heterocycles. The Labute approximate surface area is 172 Å². The molecule has 1 aromatic rings. The third kappa shape index (κ3) is 5.76. The number of hydrogen-bond acceptors (Lipinski definition) is 5. The van der Waals surface area contributed by atoms with Gasteiger partial charge in [-0.25, -0.2) is 4.79 Å². The van der Waals surface area contributed by atoms with Gasteiger partial charge in [-0.05, 0) is 43.2 Å². The Morgan fingerprint density at radius 1 is 1.52 bits per heavy atom. The molecule has 1 N–H and O–H groups in total. The minimum Gasteiger partial charge on any atom is -0.445 e. The fraction of sp³-hybridized carbons (Fsp3) is 0.684. The highest BCUT2D eigenvalue weighted by atomic mass is 32.1. The van der Waals surface area contributed by atoms with Crippen molar-refractivity contribution in [3.05, 3.63) is 27.7 Å². The van der Waals surface area contributed by atoms with E-state index in [0.29, 0.717) is 19.1 Å². The predicted molar refractivity (Wildman–Crippen MR) is 117 cm³/mol. The zero-order chi connectivity index (χ0) is 20.2. The molecule has 0 radical (unpaired) electrons. The first kappa shape index (κ1) is 22.3. The quantitative estimate of drug-likeness (QED) is 0.359. The third-order valence-corrected chi connectivity index (χ3v) is 11.3. The van der Waals surface area contributed by atoms with E-state index in [1.165, 1.54) is 5.69 Å². The first-order valence-corrected chi connectivity index (χ1v) is 13.6. The molecular formula is C19H32N2O3S2Si. The van der Waals surface area contributed by atoms with E-state index in [1.54, 1.807) is 17.4 Å².